The maximum atomic E-state index is 11.4. The zero-order valence-corrected chi connectivity index (χ0v) is 16.2. The van der Waals surface area contributed by atoms with Gasteiger partial charge < -0.3 is 45.5 Å². The first-order chi connectivity index (χ1) is 12.9. The number of rotatable bonds is 5. The van der Waals surface area contributed by atoms with Crippen LogP contribution >= 0.6 is 0 Å². The molecule has 2 heterocycles. The molecule has 0 spiro atoms. The second-order valence-corrected chi connectivity index (χ2v) is 8.46. The third-order valence-electron chi connectivity index (χ3n) is 6.50. The van der Waals surface area contributed by atoms with Gasteiger partial charge in [0.1, 0.15) is 18.3 Å². The first-order valence-corrected chi connectivity index (χ1v) is 10.0. The van der Waals surface area contributed by atoms with Crippen LogP contribution in [0.2, 0.25) is 0 Å². The largest absolute Gasteiger partial charge is 0.390 e. The smallest absolute Gasteiger partial charge is 0.234 e. The third-order valence-corrected chi connectivity index (χ3v) is 6.50. The molecule has 0 aromatic carbocycles. The van der Waals surface area contributed by atoms with Gasteiger partial charge in [0.2, 0.25) is 12.1 Å². The summed E-state index contributed by atoms with van der Waals surface area (Å²) in [7, 11) is 3.40. The number of fused-ring (bicyclic) bond motifs is 2. The molecule has 0 bridgehead atoms. The van der Waals surface area contributed by atoms with Gasteiger partial charge in [-0.1, -0.05) is 0 Å². The highest BCUT2D eigenvalue weighted by Crippen LogP contribution is 2.42. The van der Waals surface area contributed by atoms with E-state index in [1.807, 2.05) is 6.92 Å². The summed E-state index contributed by atoms with van der Waals surface area (Å²) in [6.45, 7) is 2.76. The van der Waals surface area contributed by atoms with Gasteiger partial charge in [-0.05, 0) is 52.7 Å². The van der Waals surface area contributed by atoms with E-state index in [-0.39, 0.29) is 12.1 Å². The summed E-state index contributed by atoms with van der Waals surface area (Å²) in [5.74, 6) is -1.02. The van der Waals surface area contributed by atoms with Gasteiger partial charge in [0, 0.05) is 0 Å². The van der Waals surface area contributed by atoms with Gasteiger partial charge in [-0.15, -0.1) is 0 Å². The number of hydrogen-bond donors (Lipinski definition) is 6. The zero-order valence-electron chi connectivity index (χ0n) is 16.2. The van der Waals surface area contributed by atoms with E-state index in [1.54, 1.807) is 14.1 Å². The Kier molecular flexibility index (Phi) is 5.52. The van der Waals surface area contributed by atoms with E-state index >= 15 is 0 Å². The number of aliphatic hydroxyl groups is 3. The van der Waals surface area contributed by atoms with E-state index < -0.39 is 48.6 Å². The van der Waals surface area contributed by atoms with E-state index in [2.05, 4.69) is 16.0 Å². The first kappa shape index (κ1) is 19.9. The first-order valence-electron chi connectivity index (χ1n) is 10.0. The summed E-state index contributed by atoms with van der Waals surface area (Å²) in [5.41, 5.74) is 0. The van der Waals surface area contributed by atoms with Gasteiger partial charge in [0.25, 0.3) is 0 Å². The summed E-state index contributed by atoms with van der Waals surface area (Å²) in [6.07, 6.45) is -1.45. The van der Waals surface area contributed by atoms with Crippen LogP contribution in [-0.2, 0) is 14.2 Å². The summed E-state index contributed by atoms with van der Waals surface area (Å²) in [5, 5.41) is 42.2. The van der Waals surface area contributed by atoms with Gasteiger partial charge in [0.05, 0.1) is 30.3 Å². The van der Waals surface area contributed by atoms with Crippen LogP contribution in [0.4, 0.5) is 0 Å². The van der Waals surface area contributed by atoms with E-state index in [1.165, 1.54) is 12.8 Å². The van der Waals surface area contributed by atoms with E-state index in [0.29, 0.717) is 12.3 Å². The van der Waals surface area contributed by atoms with Crippen LogP contribution in [0, 0.1) is 5.92 Å². The number of ether oxygens (including phenoxy) is 3. The average molecular weight is 387 g/mol. The Labute approximate surface area is 159 Å². The van der Waals surface area contributed by atoms with Crippen molar-refractivity contribution in [3.05, 3.63) is 0 Å². The van der Waals surface area contributed by atoms with Crippen LogP contribution in [0.1, 0.15) is 26.2 Å². The molecule has 0 radical (unpaired) electrons. The second kappa shape index (κ2) is 7.47. The van der Waals surface area contributed by atoms with Crippen molar-refractivity contribution in [1.29, 1.82) is 0 Å². The second-order valence-electron chi connectivity index (χ2n) is 8.46. The highest BCUT2D eigenvalue weighted by molar-refractivity contribution is 5.10. The van der Waals surface area contributed by atoms with Crippen LogP contribution < -0.4 is 16.0 Å². The molecule has 2 saturated heterocycles. The molecule has 4 fully saturated rings. The molecule has 0 aromatic rings. The van der Waals surface area contributed by atoms with Crippen molar-refractivity contribution in [2.75, 3.05) is 20.6 Å². The van der Waals surface area contributed by atoms with Gasteiger partial charge in [-0.3, -0.25) is 0 Å². The fraction of sp³-hybridized carbons (Fsp3) is 1.00. The van der Waals surface area contributed by atoms with Crippen LogP contribution in [0.3, 0.4) is 0 Å². The van der Waals surface area contributed by atoms with Crippen molar-refractivity contribution in [3.8, 4) is 0 Å². The standard InChI is InChI=1S/C18H33N3O6/c1-8-6-10(21-7-9-4-5-9)18(24)17(25-8)26-16-14(23)11(19-2)13(22)12(20-3)15(16)27-18/h8-17,19-24H,4-7H2,1-3H3/t8-,10-,11-,12+,13+,14+,15?,16?,17?,18+/m1/s1. The molecule has 156 valence electrons. The maximum absolute atomic E-state index is 11.4. The molecule has 27 heavy (non-hydrogen) atoms. The number of hydrogen-bond acceptors (Lipinski definition) is 9. The lowest BCUT2D eigenvalue weighted by atomic mass is 9.79. The van der Waals surface area contributed by atoms with Crippen LogP contribution in [0.25, 0.3) is 0 Å². The molecule has 4 rings (SSSR count). The zero-order chi connectivity index (χ0) is 19.3. The van der Waals surface area contributed by atoms with Crippen molar-refractivity contribution in [2.45, 2.75) is 86.9 Å². The molecule has 4 aliphatic rings. The Hall–Kier alpha value is -0.360. The molecule has 6 N–H and O–H groups in total. The fourth-order valence-corrected chi connectivity index (χ4v) is 4.72. The summed E-state index contributed by atoms with van der Waals surface area (Å²) in [4.78, 5) is 0. The molecule has 2 saturated carbocycles. The highest BCUT2D eigenvalue weighted by atomic mass is 16.8. The minimum atomic E-state index is -1.68. The van der Waals surface area contributed by atoms with Crippen molar-refractivity contribution >= 4 is 0 Å². The Morgan fingerprint density at radius 2 is 1.70 bits per heavy atom. The Morgan fingerprint density at radius 3 is 2.33 bits per heavy atom. The highest BCUT2D eigenvalue weighted by Gasteiger charge is 2.63. The minimum absolute atomic E-state index is 0.112. The van der Waals surface area contributed by atoms with Gasteiger partial charge in [0.15, 0.2) is 0 Å². The quantitative estimate of drug-likeness (QED) is 0.314. The van der Waals surface area contributed by atoms with E-state index in [0.717, 1.165) is 6.54 Å². The Morgan fingerprint density at radius 1 is 1.00 bits per heavy atom. The molecule has 10 atom stereocenters. The van der Waals surface area contributed by atoms with Crippen LogP contribution in [-0.4, -0.2) is 96.7 Å². The molecular formula is C18H33N3O6. The van der Waals surface area contributed by atoms with Gasteiger partial charge in [-0.25, -0.2) is 0 Å². The molecule has 9 heteroatoms. The molecule has 2 aliphatic carbocycles. The van der Waals surface area contributed by atoms with Crippen LogP contribution in [0.15, 0.2) is 0 Å². The molecular weight excluding hydrogens is 354 g/mol. The lowest BCUT2D eigenvalue weighted by molar-refractivity contribution is -0.449. The minimum Gasteiger partial charge on any atom is -0.390 e. The van der Waals surface area contributed by atoms with E-state index in [4.69, 9.17) is 14.2 Å². The molecule has 2 aliphatic heterocycles. The number of nitrogens with one attached hydrogen (secondary N) is 3. The van der Waals surface area contributed by atoms with Gasteiger partial charge >= 0.3 is 0 Å². The summed E-state index contributed by atoms with van der Waals surface area (Å²) in [6, 6.07) is -1.44. The fourth-order valence-electron chi connectivity index (χ4n) is 4.72. The molecule has 0 amide bonds. The van der Waals surface area contributed by atoms with Gasteiger partial charge in [-0.2, -0.15) is 0 Å². The normalized spacial score (nSPS) is 52.9. The summed E-state index contributed by atoms with van der Waals surface area (Å²) < 4.78 is 18.1. The molecule has 9 nitrogen and oxygen atoms in total. The SMILES string of the molecule is CN[C@@H]1[C@H](O)[C@H](NC)C2O[C@]3(O)C(OC2[C@H]1O)O[C@H](C)C[C@H]3NCC1CC1. The Balaban J connectivity index is 1.58. The molecule has 0 aromatic heterocycles. The van der Waals surface area contributed by atoms with Crippen molar-refractivity contribution in [2.24, 2.45) is 5.92 Å². The average Bonchev–Trinajstić information content (AvgIpc) is 3.44. The van der Waals surface area contributed by atoms with Crippen LogP contribution in [0.5, 0.6) is 0 Å². The number of likely N-dealkylation sites (N-methyl/N-ethyl adjacent to an activating group) is 2. The van der Waals surface area contributed by atoms with Crippen molar-refractivity contribution < 1.29 is 29.5 Å². The van der Waals surface area contributed by atoms with E-state index in [9.17, 15) is 15.3 Å². The monoisotopic (exact) mass is 387 g/mol. The lowest BCUT2D eigenvalue weighted by Crippen LogP contribution is -2.79. The predicted molar refractivity (Wildman–Crippen MR) is 95.9 cm³/mol. The maximum Gasteiger partial charge on any atom is 0.234 e. The van der Waals surface area contributed by atoms with Crippen molar-refractivity contribution in [1.82, 2.24) is 16.0 Å². The lowest BCUT2D eigenvalue weighted by Gasteiger charge is -2.58. The predicted octanol–water partition coefficient (Wildman–Crippen LogP) is -2.13. The Bertz CT molecular complexity index is 537. The third kappa shape index (κ3) is 3.43. The van der Waals surface area contributed by atoms with Crippen molar-refractivity contribution in [3.63, 3.8) is 0 Å². The summed E-state index contributed by atoms with van der Waals surface area (Å²) >= 11 is 0. The molecule has 3 unspecified atom stereocenters. The topological polar surface area (TPSA) is 124 Å². The number of aliphatic hydroxyl groups excluding tert-OH is 2.